The van der Waals surface area contributed by atoms with Crippen molar-refractivity contribution in [2.75, 3.05) is 0 Å². The second-order valence-electron chi connectivity index (χ2n) is 2.08. The molecule has 0 aromatic carbocycles. The van der Waals surface area contributed by atoms with Gasteiger partial charge in [-0.1, -0.05) is 0 Å². The predicted octanol–water partition coefficient (Wildman–Crippen LogP) is 1.43. The van der Waals surface area contributed by atoms with E-state index in [1.165, 1.54) is 0 Å². The zero-order chi connectivity index (χ0) is 8.65. The molecule has 1 rings (SSSR count). The maximum atomic E-state index is 10.6. The van der Waals surface area contributed by atoms with Crippen molar-refractivity contribution in [2.24, 2.45) is 0 Å². The van der Waals surface area contributed by atoms with E-state index in [1.807, 2.05) is 0 Å². The molecule has 0 aliphatic heterocycles. The number of hydrogen-bond donors (Lipinski definition) is 1. The summed E-state index contributed by atoms with van der Waals surface area (Å²) < 4.78 is 29.8. The molecule has 0 saturated heterocycles. The fourth-order valence-electron chi connectivity index (χ4n) is 0.752. The van der Waals surface area contributed by atoms with E-state index in [9.17, 15) is 8.42 Å². The highest BCUT2D eigenvalue weighted by Crippen LogP contribution is 2.21. The van der Waals surface area contributed by atoms with Crippen molar-refractivity contribution in [3.05, 3.63) is 10.7 Å². The number of aromatic nitrogens is 1. The lowest BCUT2D eigenvalue weighted by Gasteiger charge is -1.89. The van der Waals surface area contributed by atoms with E-state index >= 15 is 0 Å². The van der Waals surface area contributed by atoms with Crippen LogP contribution in [0.1, 0.15) is 10.7 Å². The number of aryl methyl sites for hydroxylation is 2. The Morgan fingerprint density at radius 2 is 1.92 bits per heavy atom. The molecule has 7 heteroatoms. The Balaban J connectivity index is 0.00000121. The number of rotatable bonds is 1. The van der Waals surface area contributed by atoms with Crippen LogP contribution in [0, 0.1) is 13.8 Å². The fourth-order valence-corrected chi connectivity index (χ4v) is 2.60. The van der Waals surface area contributed by atoms with Crippen molar-refractivity contribution in [1.29, 1.82) is 0 Å². The molecule has 0 atom stereocenters. The number of hydrogen-bond acceptors (Lipinski definition) is 4. The van der Waals surface area contributed by atoms with Gasteiger partial charge in [-0.2, -0.15) is 8.42 Å². The summed E-state index contributed by atoms with van der Waals surface area (Å²) >= 11 is 0.972. The van der Waals surface area contributed by atoms with Gasteiger partial charge in [0.2, 0.25) is 0 Å². The quantitative estimate of drug-likeness (QED) is 0.740. The van der Waals surface area contributed by atoms with Gasteiger partial charge in [0, 0.05) is 0 Å². The SMILES string of the molecule is Cc1nc(C)c(S(=O)(=O)O)s1.Cl. The van der Waals surface area contributed by atoms with E-state index < -0.39 is 10.1 Å². The lowest BCUT2D eigenvalue weighted by atomic mass is 10.6. The Labute approximate surface area is 80.8 Å². The first-order chi connectivity index (χ1) is 4.91. The molecule has 1 aromatic rings. The molecule has 0 radical (unpaired) electrons. The minimum Gasteiger partial charge on any atom is -0.281 e. The van der Waals surface area contributed by atoms with Crippen molar-refractivity contribution in [3.63, 3.8) is 0 Å². The Kier molecular flexibility index (Phi) is 3.64. The average molecular weight is 230 g/mol. The molecule has 1 heterocycles. The van der Waals surface area contributed by atoms with Gasteiger partial charge in [-0.05, 0) is 13.8 Å². The highest BCUT2D eigenvalue weighted by atomic mass is 35.5. The highest BCUT2D eigenvalue weighted by Gasteiger charge is 2.16. The molecular weight excluding hydrogens is 222 g/mol. The highest BCUT2D eigenvalue weighted by molar-refractivity contribution is 7.88. The molecule has 12 heavy (non-hydrogen) atoms. The van der Waals surface area contributed by atoms with Gasteiger partial charge in [0.25, 0.3) is 0 Å². The molecular formula is C5H8ClNO3S2. The summed E-state index contributed by atoms with van der Waals surface area (Å²) in [5, 5.41) is 0.634. The first kappa shape index (κ1) is 11.8. The number of halogens is 1. The van der Waals surface area contributed by atoms with Crippen LogP contribution in [-0.2, 0) is 10.1 Å². The summed E-state index contributed by atoms with van der Waals surface area (Å²) in [6.45, 7) is 3.24. The third kappa shape index (κ3) is 2.41. The van der Waals surface area contributed by atoms with Crippen molar-refractivity contribution in [1.82, 2.24) is 4.98 Å². The van der Waals surface area contributed by atoms with Crippen molar-refractivity contribution < 1.29 is 13.0 Å². The summed E-state index contributed by atoms with van der Waals surface area (Å²) in [6, 6.07) is 0. The molecule has 4 nitrogen and oxygen atoms in total. The summed E-state index contributed by atoms with van der Waals surface area (Å²) in [5.41, 5.74) is 0.356. The molecule has 1 N–H and O–H groups in total. The first-order valence-corrected chi connectivity index (χ1v) is 5.08. The minimum absolute atomic E-state index is 0. The summed E-state index contributed by atoms with van der Waals surface area (Å²) in [6.07, 6.45) is 0. The van der Waals surface area contributed by atoms with Gasteiger partial charge in [-0.15, -0.1) is 23.7 Å². The van der Waals surface area contributed by atoms with Crippen LogP contribution < -0.4 is 0 Å². The molecule has 0 amide bonds. The Morgan fingerprint density at radius 1 is 1.42 bits per heavy atom. The molecule has 0 unspecified atom stereocenters. The molecule has 0 spiro atoms. The summed E-state index contributed by atoms with van der Waals surface area (Å²) in [7, 11) is -4.06. The van der Waals surface area contributed by atoms with Gasteiger partial charge in [0.05, 0.1) is 10.7 Å². The second kappa shape index (κ2) is 3.69. The number of thiazole rings is 1. The second-order valence-corrected chi connectivity index (χ2v) is 4.90. The zero-order valence-corrected chi connectivity index (χ0v) is 8.89. The van der Waals surface area contributed by atoms with Crippen molar-refractivity contribution in [2.45, 2.75) is 18.1 Å². The summed E-state index contributed by atoms with van der Waals surface area (Å²) in [4.78, 5) is 3.86. The molecule has 1 aromatic heterocycles. The lowest BCUT2D eigenvalue weighted by Crippen LogP contribution is -1.96. The van der Waals surface area contributed by atoms with Crippen LogP contribution in [0.2, 0.25) is 0 Å². The molecule has 0 fully saturated rings. The van der Waals surface area contributed by atoms with Gasteiger partial charge in [0.1, 0.15) is 0 Å². The smallest absolute Gasteiger partial charge is 0.281 e. The van der Waals surface area contributed by atoms with Gasteiger partial charge in [-0.25, -0.2) is 4.98 Å². The van der Waals surface area contributed by atoms with Crippen LogP contribution in [0.25, 0.3) is 0 Å². The maximum Gasteiger partial charge on any atom is 0.305 e. The minimum atomic E-state index is -4.06. The Morgan fingerprint density at radius 3 is 2.08 bits per heavy atom. The topological polar surface area (TPSA) is 67.3 Å². The van der Waals surface area contributed by atoms with E-state index in [1.54, 1.807) is 13.8 Å². The maximum absolute atomic E-state index is 10.6. The largest absolute Gasteiger partial charge is 0.305 e. The van der Waals surface area contributed by atoms with E-state index in [-0.39, 0.29) is 16.6 Å². The first-order valence-electron chi connectivity index (χ1n) is 2.83. The standard InChI is InChI=1S/C5H7NO3S2.ClH/c1-3-5(11(7,8)9)10-4(2)6-3;/h1-2H3,(H,7,8,9);1H. The van der Waals surface area contributed by atoms with E-state index in [2.05, 4.69) is 4.98 Å². The Bertz CT molecular complexity index is 370. The fraction of sp³-hybridized carbons (Fsp3) is 0.400. The molecule has 70 valence electrons. The monoisotopic (exact) mass is 229 g/mol. The molecule has 0 aliphatic rings. The number of nitrogens with zero attached hydrogens (tertiary/aromatic N) is 1. The van der Waals surface area contributed by atoms with Gasteiger partial charge < -0.3 is 0 Å². The average Bonchev–Trinajstić information content (AvgIpc) is 2.08. The van der Waals surface area contributed by atoms with Crippen LogP contribution in [0.4, 0.5) is 0 Å². The normalized spacial score (nSPS) is 10.9. The van der Waals surface area contributed by atoms with Gasteiger partial charge >= 0.3 is 10.1 Å². The van der Waals surface area contributed by atoms with Gasteiger partial charge in [0.15, 0.2) is 4.21 Å². The van der Waals surface area contributed by atoms with Crippen LogP contribution in [0.15, 0.2) is 4.21 Å². The van der Waals surface area contributed by atoms with E-state index in [4.69, 9.17) is 4.55 Å². The van der Waals surface area contributed by atoms with Crippen molar-refractivity contribution in [3.8, 4) is 0 Å². The third-order valence-electron chi connectivity index (χ3n) is 1.10. The van der Waals surface area contributed by atoms with Gasteiger partial charge in [-0.3, -0.25) is 4.55 Å². The molecule has 0 saturated carbocycles. The van der Waals surface area contributed by atoms with Crippen molar-refractivity contribution >= 4 is 33.9 Å². The predicted molar refractivity (Wildman–Crippen MR) is 48.7 cm³/mol. The molecule has 0 bridgehead atoms. The zero-order valence-electron chi connectivity index (χ0n) is 6.44. The summed E-state index contributed by atoms with van der Waals surface area (Å²) in [5.74, 6) is 0. The van der Waals surface area contributed by atoms with E-state index in [0.717, 1.165) is 11.3 Å². The van der Waals surface area contributed by atoms with Crippen LogP contribution >= 0.6 is 23.7 Å². The van der Waals surface area contributed by atoms with Crippen LogP contribution in [0.3, 0.4) is 0 Å². The molecule has 0 aliphatic carbocycles. The Hall–Kier alpha value is -0.170. The third-order valence-corrected chi connectivity index (χ3v) is 3.61. The van der Waals surface area contributed by atoms with Crippen LogP contribution in [-0.4, -0.2) is 18.0 Å². The van der Waals surface area contributed by atoms with E-state index in [0.29, 0.717) is 10.7 Å². The van der Waals surface area contributed by atoms with Crippen LogP contribution in [0.5, 0.6) is 0 Å². The lowest BCUT2D eigenvalue weighted by molar-refractivity contribution is 0.485.